The number of hydrogen-bond donors (Lipinski definition) is 1. The largest absolute Gasteiger partial charge is 0.370 e. The van der Waals surface area contributed by atoms with Gasteiger partial charge in [0.05, 0.1) is 17.2 Å². The number of rotatable bonds is 6. The van der Waals surface area contributed by atoms with Crippen LogP contribution in [0.1, 0.15) is 19.0 Å². The lowest BCUT2D eigenvalue weighted by molar-refractivity contribution is -0.385. The summed E-state index contributed by atoms with van der Waals surface area (Å²) in [7, 11) is 0. The molecule has 0 saturated carbocycles. The van der Waals surface area contributed by atoms with Gasteiger partial charge in [-0.05, 0) is 18.6 Å². The zero-order valence-electron chi connectivity index (χ0n) is 10.6. The molecule has 0 saturated heterocycles. The fourth-order valence-corrected chi connectivity index (χ4v) is 1.62. The molecule has 0 atom stereocenters. The quantitative estimate of drug-likeness (QED) is 0.635. The Bertz CT molecular complexity index is 567. The van der Waals surface area contributed by atoms with Crippen LogP contribution in [0.4, 0.5) is 11.5 Å². The summed E-state index contributed by atoms with van der Waals surface area (Å²) in [5.41, 5.74) is 0.791. The van der Waals surface area contributed by atoms with Gasteiger partial charge in [-0.15, -0.1) is 0 Å². The number of nitrogens with one attached hydrogen (secondary N) is 1. The van der Waals surface area contributed by atoms with Crippen LogP contribution in [0.15, 0.2) is 30.6 Å². The highest BCUT2D eigenvalue weighted by molar-refractivity contribution is 5.35. The van der Waals surface area contributed by atoms with Crippen molar-refractivity contribution in [2.75, 3.05) is 11.9 Å². The third-order valence-corrected chi connectivity index (χ3v) is 2.52. The standard InChI is InChI=1S/C12H15N5O2/c1-2-6-13-12-5-3-4-10(15-12)8-16-9-11(7-14-16)17(18)19/h3-5,7,9H,2,6,8H2,1H3,(H,13,15). The third kappa shape index (κ3) is 3.51. The van der Waals surface area contributed by atoms with Crippen molar-refractivity contribution in [3.63, 3.8) is 0 Å². The van der Waals surface area contributed by atoms with Gasteiger partial charge in [-0.25, -0.2) is 4.98 Å². The van der Waals surface area contributed by atoms with E-state index in [9.17, 15) is 10.1 Å². The molecule has 0 unspecified atom stereocenters. The first-order valence-electron chi connectivity index (χ1n) is 6.05. The zero-order chi connectivity index (χ0) is 13.7. The number of anilines is 1. The fraction of sp³-hybridized carbons (Fsp3) is 0.333. The van der Waals surface area contributed by atoms with E-state index in [-0.39, 0.29) is 5.69 Å². The topological polar surface area (TPSA) is 85.9 Å². The maximum atomic E-state index is 10.6. The molecule has 2 rings (SSSR count). The minimum Gasteiger partial charge on any atom is -0.370 e. The van der Waals surface area contributed by atoms with Crippen LogP contribution in [0.5, 0.6) is 0 Å². The van der Waals surface area contributed by atoms with Crippen molar-refractivity contribution in [2.45, 2.75) is 19.9 Å². The molecule has 2 aromatic heterocycles. The van der Waals surface area contributed by atoms with Crippen molar-refractivity contribution in [1.82, 2.24) is 14.8 Å². The van der Waals surface area contributed by atoms with Gasteiger partial charge in [0.15, 0.2) is 0 Å². The molecule has 0 fully saturated rings. The number of nitrogens with zero attached hydrogens (tertiary/aromatic N) is 4. The van der Waals surface area contributed by atoms with Crippen molar-refractivity contribution in [3.05, 3.63) is 46.4 Å². The highest BCUT2D eigenvalue weighted by Gasteiger charge is 2.09. The Labute approximate surface area is 110 Å². The smallest absolute Gasteiger partial charge is 0.307 e. The molecular weight excluding hydrogens is 246 g/mol. The molecule has 0 bridgehead atoms. The maximum absolute atomic E-state index is 10.6. The number of pyridine rings is 1. The Hall–Kier alpha value is -2.44. The molecule has 2 aromatic rings. The van der Waals surface area contributed by atoms with Gasteiger partial charge < -0.3 is 5.32 Å². The van der Waals surface area contributed by atoms with Crippen LogP contribution < -0.4 is 5.32 Å². The van der Waals surface area contributed by atoms with Gasteiger partial charge >= 0.3 is 5.69 Å². The van der Waals surface area contributed by atoms with E-state index in [0.29, 0.717) is 6.54 Å². The SMILES string of the molecule is CCCNc1cccc(Cn2cc([N+](=O)[O-])cn2)n1. The number of nitro groups is 1. The van der Waals surface area contributed by atoms with E-state index in [0.717, 1.165) is 24.5 Å². The Kier molecular flexibility index (Phi) is 4.07. The number of aromatic nitrogens is 3. The minimum absolute atomic E-state index is 0.0136. The molecular formula is C12H15N5O2. The van der Waals surface area contributed by atoms with Crippen LogP contribution in [0.3, 0.4) is 0 Å². The lowest BCUT2D eigenvalue weighted by Crippen LogP contribution is -2.06. The summed E-state index contributed by atoms with van der Waals surface area (Å²) in [5.74, 6) is 0.806. The van der Waals surface area contributed by atoms with E-state index in [1.54, 1.807) is 0 Å². The molecule has 7 heteroatoms. The summed E-state index contributed by atoms with van der Waals surface area (Å²) >= 11 is 0. The molecule has 2 heterocycles. The van der Waals surface area contributed by atoms with Gasteiger partial charge in [-0.3, -0.25) is 14.8 Å². The fourth-order valence-electron chi connectivity index (χ4n) is 1.62. The van der Waals surface area contributed by atoms with Gasteiger partial charge in [0, 0.05) is 6.54 Å². The molecule has 0 aliphatic rings. The van der Waals surface area contributed by atoms with Crippen molar-refractivity contribution in [1.29, 1.82) is 0 Å². The Balaban J connectivity index is 2.07. The lowest BCUT2D eigenvalue weighted by atomic mass is 10.3. The summed E-state index contributed by atoms with van der Waals surface area (Å²) in [6, 6.07) is 5.66. The predicted molar refractivity (Wildman–Crippen MR) is 71.0 cm³/mol. The van der Waals surface area contributed by atoms with Crippen molar-refractivity contribution in [2.24, 2.45) is 0 Å². The normalized spacial score (nSPS) is 10.4. The Morgan fingerprint density at radius 1 is 1.47 bits per heavy atom. The van der Waals surface area contributed by atoms with Crippen LogP contribution >= 0.6 is 0 Å². The maximum Gasteiger partial charge on any atom is 0.307 e. The third-order valence-electron chi connectivity index (χ3n) is 2.52. The Morgan fingerprint density at radius 3 is 3.00 bits per heavy atom. The summed E-state index contributed by atoms with van der Waals surface area (Å²) in [4.78, 5) is 14.5. The van der Waals surface area contributed by atoms with Crippen LogP contribution in [-0.2, 0) is 6.54 Å². The van der Waals surface area contributed by atoms with E-state index in [1.165, 1.54) is 17.1 Å². The Morgan fingerprint density at radius 2 is 2.32 bits per heavy atom. The van der Waals surface area contributed by atoms with E-state index in [4.69, 9.17) is 0 Å². The highest BCUT2D eigenvalue weighted by Crippen LogP contribution is 2.10. The van der Waals surface area contributed by atoms with E-state index < -0.39 is 4.92 Å². The van der Waals surface area contributed by atoms with Crippen molar-refractivity contribution >= 4 is 11.5 Å². The second kappa shape index (κ2) is 5.94. The first-order chi connectivity index (χ1) is 9.19. The lowest BCUT2D eigenvalue weighted by Gasteiger charge is -2.06. The van der Waals surface area contributed by atoms with Gasteiger partial charge in [-0.1, -0.05) is 13.0 Å². The van der Waals surface area contributed by atoms with Gasteiger partial charge in [-0.2, -0.15) is 5.10 Å². The molecule has 19 heavy (non-hydrogen) atoms. The van der Waals surface area contributed by atoms with Gasteiger partial charge in [0.1, 0.15) is 18.2 Å². The summed E-state index contributed by atoms with van der Waals surface area (Å²) in [5, 5.41) is 17.7. The molecule has 0 radical (unpaired) electrons. The van der Waals surface area contributed by atoms with E-state index >= 15 is 0 Å². The van der Waals surface area contributed by atoms with Crippen LogP contribution in [-0.4, -0.2) is 26.2 Å². The molecule has 7 nitrogen and oxygen atoms in total. The average Bonchev–Trinajstić information content (AvgIpc) is 2.85. The van der Waals surface area contributed by atoms with Crippen LogP contribution in [0.2, 0.25) is 0 Å². The molecule has 0 aliphatic heterocycles. The average molecular weight is 261 g/mol. The molecule has 0 spiro atoms. The second-order valence-electron chi connectivity index (χ2n) is 4.09. The first kappa shape index (κ1) is 13.0. The number of hydrogen-bond acceptors (Lipinski definition) is 5. The first-order valence-corrected chi connectivity index (χ1v) is 6.05. The molecule has 0 aliphatic carbocycles. The summed E-state index contributed by atoms with van der Waals surface area (Å²) in [6.45, 7) is 3.36. The second-order valence-corrected chi connectivity index (χ2v) is 4.09. The highest BCUT2D eigenvalue weighted by atomic mass is 16.6. The summed E-state index contributed by atoms with van der Waals surface area (Å²) < 4.78 is 1.50. The molecule has 0 amide bonds. The summed E-state index contributed by atoms with van der Waals surface area (Å²) in [6.07, 6.45) is 3.66. The van der Waals surface area contributed by atoms with Crippen LogP contribution in [0, 0.1) is 10.1 Å². The monoisotopic (exact) mass is 261 g/mol. The minimum atomic E-state index is -0.462. The van der Waals surface area contributed by atoms with Crippen molar-refractivity contribution < 1.29 is 4.92 Å². The van der Waals surface area contributed by atoms with E-state index in [1.807, 2.05) is 18.2 Å². The van der Waals surface area contributed by atoms with Crippen molar-refractivity contribution in [3.8, 4) is 0 Å². The van der Waals surface area contributed by atoms with Gasteiger partial charge in [0.2, 0.25) is 0 Å². The van der Waals surface area contributed by atoms with Crippen LogP contribution in [0.25, 0.3) is 0 Å². The molecule has 100 valence electrons. The van der Waals surface area contributed by atoms with E-state index in [2.05, 4.69) is 22.3 Å². The predicted octanol–water partition coefficient (Wildman–Crippen LogP) is 2.06. The molecule has 0 aromatic carbocycles. The van der Waals surface area contributed by atoms with Gasteiger partial charge in [0.25, 0.3) is 0 Å². The zero-order valence-corrected chi connectivity index (χ0v) is 10.6. The molecule has 1 N–H and O–H groups in total.